The third-order valence-corrected chi connectivity index (χ3v) is 2.58. The molecule has 0 aliphatic heterocycles. The number of aliphatic hydroxyl groups is 1. The molecule has 0 radical (unpaired) electrons. The Bertz CT molecular complexity index is 156. The van der Waals surface area contributed by atoms with Gasteiger partial charge >= 0.3 is 5.97 Å². The van der Waals surface area contributed by atoms with Gasteiger partial charge in [0.1, 0.15) is 0 Å². The minimum atomic E-state index is -0.581. The zero-order valence-electron chi connectivity index (χ0n) is 8.91. The summed E-state index contributed by atoms with van der Waals surface area (Å²) in [5, 5.41) is 9.78. The maximum atomic E-state index is 11.2. The number of hydrogen-bond donors (Lipinski definition) is 1. The second kappa shape index (κ2) is 5.97. The number of esters is 1. The highest BCUT2D eigenvalue weighted by Crippen LogP contribution is 2.19. The fraction of sp³-hybridized carbons (Fsp3) is 0.900. The average Bonchev–Trinajstić information content (AvgIpc) is 2.17. The van der Waals surface area contributed by atoms with Crippen molar-refractivity contribution in [2.24, 2.45) is 11.8 Å². The summed E-state index contributed by atoms with van der Waals surface area (Å²) in [6.07, 6.45) is 0.912. The number of rotatable bonds is 5. The van der Waals surface area contributed by atoms with Crippen molar-refractivity contribution in [3.05, 3.63) is 0 Å². The normalized spacial score (nSPS) is 17.6. The minimum Gasteiger partial charge on any atom is -0.469 e. The predicted molar refractivity (Wildman–Crippen MR) is 51.3 cm³/mol. The first kappa shape index (κ1) is 12.4. The molecule has 0 heterocycles. The van der Waals surface area contributed by atoms with E-state index in [0.29, 0.717) is 6.42 Å². The molecule has 0 amide bonds. The van der Waals surface area contributed by atoms with Gasteiger partial charge in [-0.3, -0.25) is 4.79 Å². The van der Waals surface area contributed by atoms with Crippen molar-refractivity contribution in [2.75, 3.05) is 7.11 Å². The Labute approximate surface area is 80.1 Å². The van der Waals surface area contributed by atoms with Gasteiger partial charge in [-0.05, 0) is 12.3 Å². The Morgan fingerprint density at radius 1 is 1.38 bits per heavy atom. The van der Waals surface area contributed by atoms with Gasteiger partial charge in [-0.2, -0.15) is 0 Å². The van der Waals surface area contributed by atoms with Gasteiger partial charge in [0.15, 0.2) is 0 Å². The molecular formula is C10H20O3. The van der Waals surface area contributed by atoms with Crippen LogP contribution in [0.1, 0.15) is 33.6 Å². The first-order chi connectivity index (χ1) is 6.08. The van der Waals surface area contributed by atoms with Gasteiger partial charge in [0, 0.05) is 0 Å². The van der Waals surface area contributed by atoms with Crippen LogP contribution in [0.3, 0.4) is 0 Å². The molecule has 3 nitrogen and oxygen atoms in total. The summed E-state index contributed by atoms with van der Waals surface area (Å²) in [6, 6.07) is 0. The Kier molecular flexibility index (Phi) is 5.71. The molecule has 0 aromatic rings. The number of ether oxygens (including phenoxy) is 1. The highest BCUT2D eigenvalue weighted by atomic mass is 16.5. The van der Waals surface area contributed by atoms with Crippen molar-refractivity contribution in [1.82, 2.24) is 0 Å². The zero-order valence-corrected chi connectivity index (χ0v) is 8.91. The van der Waals surface area contributed by atoms with Crippen LogP contribution < -0.4 is 0 Å². The predicted octanol–water partition coefficient (Wildman–Crippen LogP) is 1.59. The fourth-order valence-corrected chi connectivity index (χ4v) is 1.34. The summed E-state index contributed by atoms with van der Waals surface area (Å²) >= 11 is 0. The lowest BCUT2D eigenvalue weighted by Gasteiger charge is -2.23. The molecule has 3 unspecified atom stereocenters. The van der Waals surface area contributed by atoms with Gasteiger partial charge in [-0.1, -0.05) is 27.2 Å². The van der Waals surface area contributed by atoms with Crippen LogP contribution in [0.15, 0.2) is 0 Å². The van der Waals surface area contributed by atoms with Gasteiger partial charge in [0.05, 0.1) is 19.1 Å². The molecule has 3 heteroatoms. The SMILES string of the molecule is CCC(C)C(O)C(CC)C(=O)OC. The summed E-state index contributed by atoms with van der Waals surface area (Å²) < 4.78 is 4.62. The fourth-order valence-electron chi connectivity index (χ4n) is 1.34. The Morgan fingerprint density at radius 3 is 2.23 bits per heavy atom. The lowest BCUT2D eigenvalue weighted by molar-refractivity contribution is -0.151. The van der Waals surface area contributed by atoms with Gasteiger partial charge in [0.25, 0.3) is 0 Å². The monoisotopic (exact) mass is 188 g/mol. The summed E-state index contributed by atoms with van der Waals surface area (Å²) in [5.41, 5.74) is 0. The van der Waals surface area contributed by atoms with Crippen molar-refractivity contribution in [1.29, 1.82) is 0 Å². The second-order valence-corrected chi connectivity index (χ2v) is 3.41. The zero-order chi connectivity index (χ0) is 10.4. The maximum absolute atomic E-state index is 11.2. The molecule has 78 valence electrons. The van der Waals surface area contributed by atoms with Crippen molar-refractivity contribution in [3.8, 4) is 0 Å². The Balaban J connectivity index is 4.30. The number of methoxy groups -OCH3 is 1. The molecule has 13 heavy (non-hydrogen) atoms. The van der Waals surface area contributed by atoms with Gasteiger partial charge in [-0.25, -0.2) is 0 Å². The van der Waals surface area contributed by atoms with Crippen LogP contribution >= 0.6 is 0 Å². The lowest BCUT2D eigenvalue weighted by atomic mass is 9.89. The average molecular weight is 188 g/mol. The van der Waals surface area contributed by atoms with Crippen LogP contribution in [0, 0.1) is 11.8 Å². The Hall–Kier alpha value is -0.570. The molecule has 3 atom stereocenters. The number of hydrogen-bond acceptors (Lipinski definition) is 3. The third kappa shape index (κ3) is 3.35. The van der Waals surface area contributed by atoms with E-state index in [4.69, 9.17) is 0 Å². The van der Waals surface area contributed by atoms with Crippen LogP contribution in [0.25, 0.3) is 0 Å². The van der Waals surface area contributed by atoms with E-state index in [1.165, 1.54) is 7.11 Å². The largest absolute Gasteiger partial charge is 0.469 e. The molecule has 0 saturated carbocycles. The van der Waals surface area contributed by atoms with Crippen LogP contribution in [0.5, 0.6) is 0 Å². The number of carbonyl (C=O) groups excluding carboxylic acids is 1. The van der Waals surface area contributed by atoms with E-state index < -0.39 is 6.10 Å². The molecule has 0 aliphatic carbocycles. The smallest absolute Gasteiger partial charge is 0.311 e. The van der Waals surface area contributed by atoms with Crippen molar-refractivity contribution < 1.29 is 14.6 Å². The molecule has 0 aromatic carbocycles. The summed E-state index contributed by atoms with van der Waals surface area (Å²) in [4.78, 5) is 11.2. The number of aliphatic hydroxyl groups excluding tert-OH is 1. The maximum Gasteiger partial charge on any atom is 0.311 e. The molecule has 0 rings (SSSR count). The highest BCUT2D eigenvalue weighted by molar-refractivity contribution is 5.72. The summed E-state index contributed by atoms with van der Waals surface area (Å²) in [5.74, 6) is -0.542. The van der Waals surface area contributed by atoms with E-state index in [2.05, 4.69) is 4.74 Å². The standard InChI is InChI=1S/C10H20O3/c1-5-7(3)9(11)8(6-2)10(12)13-4/h7-9,11H,5-6H2,1-4H3. The van der Waals surface area contributed by atoms with Gasteiger partial charge in [0.2, 0.25) is 0 Å². The first-order valence-electron chi connectivity index (χ1n) is 4.84. The van der Waals surface area contributed by atoms with E-state index in [-0.39, 0.29) is 17.8 Å². The van der Waals surface area contributed by atoms with Crippen LogP contribution in [0.2, 0.25) is 0 Å². The first-order valence-corrected chi connectivity index (χ1v) is 4.84. The molecule has 0 spiro atoms. The van der Waals surface area contributed by atoms with E-state index in [0.717, 1.165) is 6.42 Å². The van der Waals surface area contributed by atoms with Crippen LogP contribution in [-0.2, 0) is 9.53 Å². The topological polar surface area (TPSA) is 46.5 Å². The van der Waals surface area contributed by atoms with E-state index in [1.807, 2.05) is 20.8 Å². The summed E-state index contributed by atoms with van der Waals surface area (Å²) in [7, 11) is 1.36. The molecule has 0 saturated heterocycles. The highest BCUT2D eigenvalue weighted by Gasteiger charge is 2.28. The lowest BCUT2D eigenvalue weighted by Crippen LogP contribution is -2.33. The van der Waals surface area contributed by atoms with Crippen LogP contribution in [0.4, 0.5) is 0 Å². The van der Waals surface area contributed by atoms with Crippen molar-refractivity contribution >= 4 is 5.97 Å². The molecule has 1 N–H and O–H groups in total. The Morgan fingerprint density at radius 2 is 1.92 bits per heavy atom. The quantitative estimate of drug-likeness (QED) is 0.666. The molecule has 0 aliphatic rings. The minimum absolute atomic E-state index is 0.143. The van der Waals surface area contributed by atoms with E-state index in [1.54, 1.807) is 0 Å². The molecule has 0 fully saturated rings. The summed E-state index contributed by atoms with van der Waals surface area (Å²) in [6.45, 7) is 5.82. The van der Waals surface area contributed by atoms with Gasteiger partial charge < -0.3 is 9.84 Å². The van der Waals surface area contributed by atoms with Crippen molar-refractivity contribution in [3.63, 3.8) is 0 Å². The molecule has 0 aromatic heterocycles. The number of carbonyl (C=O) groups is 1. The van der Waals surface area contributed by atoms with Crippen molar-refractivity contribution in [2.45, 2.75) is 39.7 Å². The molecule has 0 bridgehead atoms. The van der Waals surface area contributed by atoms with E-state index in [9.17, 15) is 9.90 Å². The second-order valence-electron chi connectivity index (χ2n) is 3.41. The molecular weight excluding hydrogens is 168 g/mol. The van der Waals surface area contributed by atoms with E-state index >= 15 is 0 Å². The third-order valence-electron chi connectivity index (χ3n) is 2.58. The van der Waals surface area contributed by atoms with Crippen LogP contribution in [-0.4, -0.2) is 24.3 Å². The van der Waals surface area contributed by atoms with Gasteiger partial charge in [-0.15, -0.1) is 0 Å².